The van der Waals surface area contributed by atoms with Crippen molar-refractivity contribution in [3.8, 4) is 0 Å². The Hall–Kier alpha value is -0.820. The fourth-order valence-corrected chi connectivity index (χ4v) is 2.54. The average molecular weight is 204 g/mol. The normalized spacial score (nSPS) is 20.9. The van der Waals surface area contributed by atoms with E-state index in [0.717, 1.165) is 19.3 Å². The number of rotatable bonds is 4. The fourth-order valence-electron chi connectivity index (χ4n) is 2.54. The van der Waals surface area contributed by atoms with Gasteiger partial charge in [-0.3, -0.25) is 0 Å². The molecule has 2 rings (SSSR count). The predicted molar refractivity (Wildman–Crippen MR) is 63.0 cm³/mol. The molecule has 0 aliphatic heterocycles. The third-order valence-electron chi connectivity index (χ3n) is 3.26. The summed E-state index contributed by atoms with van der Waals surface area (Å²) in [6, 6.07) is 8.59. The predicted octanol–water partition coefficient (Wildman–Crippen LogP) is 3.12. The summed E-state index contributed by atoms with van der Waals surface area (Å²) in [6.07, 6.45) is 2.91. The Morgan fingerprint density at radius 2 is 2.07 bits per heavy atom. The van der Waals surface area contributed by atoms with E-state index in [2.05, 4.69) is 38.1 Å². The highest BCUT2D eigenvalue weighted by Crippen LogP contribution is 2.38. The van der Waals surface area contributed by atoms with E-state index < -0.39 is 0 Å². The van der Waals surface area contributed by atoms with E-state index in [1.807, 2.05) is 0 Å². The van der Waals surface area contributed by atoms with Gasteiger partial charge in [0.15, 0.2) is 0 Å². The number of aliphatic hydroxyl groups is 1. The van der Waals surface area contributed by atoms with Crippen LogP contribution >= 0.6 is 0 Å². The van der Waals surface area contributed by atoms with Crippen LogP contribution in [0.1, 0.15) is 43.7 Å². The van der Waals surface area contributed by atoms with Crippen LogP contribution in [0.4, 0.5) is 0 Å². The lowest BCUT2D eigenvalue weighted by Crippen LogP contribution is -2.23. The molecule has 1 aromatic carbocycles. The van der Waals surface area contributed by atoms with Crippen molar-refractivity contribution in [2.75, 3.05) is 0 Å². The third kappa shape index (κ3) is 2.40. The van der Waals surface area contributed by atoms with Gasteiger partial charge in [-0.25, -0.2) is 0 Å². The minimum Gasteiger partial charge on any atom is -0.393 e. The topological polar surface area (TPSA) is 20.2 Å². The van der Waals surface area contributed by atoms with E-state index in [0.29, 0.717) is 11.8 Å². The zero-order chi connectivity index (χ0) is 10.8. The van der Waals surface area contributed by atoms with Gasteiger partial charge in [0.25, 0.3) is 0 Å². The molecule has 82 valence electrons. The summed E-state index contributed by atoms with van der Waals surface area (Å²) in [6.45, 7) is 4.33. The molecule has 0 saturated heterocycles. The Balaban J connectivity index is 1.89. The van der Waals surface area contributed by atoms with Gasteiger partial charge >= 0.3 is 0 Å². The van der Waals surface area contributed by atoms with Gasteiger partial charge in [-0.05, 0) is 42.2 Å². The molecular formula is C14H20O. The maximum absolute atomic E-state index is 9.88. The maximum atomic E-state index is 9.88. The van der Waals surface area contributed by atoms with E-state index in [1.54, 1.807) is 0 Å². The van der Waals surface area contributed by atoms with Crippen LogP contribution in [0.15, 0.2) is 24.3 Å². The smallest absolute Gasteiger partial charge is 0.0548 e. The lowest BCUT2D eigenvalue weighted by atomic mass is 9.74. The summed E-state index contributed by atoms with van der Waals surface area (Å²) in [5.74, 6) is 1.20. The monoisotopic (exact) mass is 204 g/mol. The fraction of sp³-hybridized carbons (Fsp3) is 0.571. The first-order chi connectivity index (χ1) is 7.16. The van der Waals surface area contributed by atoms with Crippen molar-refractivity contribution in [3.05, 3.63) is 35.4 Å². The summed E-state index contributed by atoms with van der Waals surface area (Å²) in [5.41, 5.74) is 2.93. The highest BCUT2D eigenvalue weighted by Gasteiger charge is 2.27. The minimum absolute atomic E-state index is 0.122. The third-order valence-corrected chi connectivity index (χ3v) is 3.26. The van der Waals surface area contributed by atoms with E-state index in [1.165, 1.54) is 11.1 Å². The Morgan fingerprint density at radius 3 is 2.73 bits per heavy atom. The van der Waals surface area contributed by atoms with Crippen LogP contribution in [-0.4, -0.2) is 11.2 Å². The molecular weight excluding hydrogens is 184 g/mol. The van der Waals surface area contributed by atoms with E-state index in [4.69, 9.17) is 0 Å². The Kier molecular flexibility index (Phi) is 3.11. The molecule has 0 heterocycles. The molecule has 2 unspecified atom stereocenters. The van der Waals surface area contributed by atoms with Crippen molar-refractivity contribution in [2.45, 2.75) is 45.1 Å². The van der Waals surface area contributed by atoms with Gasteiger partial charge in [0.05, 0.1) is 6.10 Å². The average Bonchev–Trinajstić information content (AvgIpc) is 2.13. The van der Waals surface area contributed by atoms with Crippen LogP contribution in [0, 0.1) is 5.92 Å². The van der Waals surface area contributed by atoms with Crippen molar-refractivity contribution >= 4 is 0 Å². The standard InChI is InChI=1S/C14H20O/c1-10(2)7-13(15)9-12-8-11-5-3-4-6-14(11)12/h3-6,10,12-13,15H,7-9H2,1-2H3. The van der Waals surface area contributed by atoms with Crippen LogP contribution in [0.3, 0.4) is 0 Å². The molecule has 1 N–H and O–H groups in total. The second kappa shape index (κ2) is 4.36. The molecule has 0 fully saturated rings. The molecule has 1 aliphatic carbocycles. The second-order valence-electron chi connectivity index (χ2n) is 5.12. The molecule has 0 amide bonds. The van der Waals surface area contributed by atoms with Crippen molar-refractivity contribution in [2.24, 2.45) is 5.92 Å². The molecule has 1 nitrogen and oxygen atoms in total. The number of hydrogen-bond acceptors (Lipinski definition) is 1. The van der Waals surface area contributed by atoms with Gasteiger partial charge in [-0.15, -0.1) is 0 Å². The molecule has 1 aliphatic rings. The first-order valence-electron chi connectivity index (χ1n) is 5.92. The van der Waals surface area contributed by atoms with Gasteiger partial charge in [0.1, 0.15) is 0 Å². The molecule has 0 bridgehead atoms. The largest absolute Gasteiger partial charge is 0.393 e. The summed E-state index contributed by atoms with van der Waals surface area (Å²) in [5, 5.41) is 9.88. The molecule has 1 heteroatoms. The quantitative estimate of drug-likeness (QED) is 0.799. The SMILES string of the molecule is CC(C)CC(O)CC1Cc2ccccc21. The maximum Gasteiger partial charge on any atom is 0.0548 e. The van der Waals surface area contributed by atoms with Gasteiger partial charge in [-0.2, -0.15) is 0 Å². The number of benzene rings is 1. The number of hydrogen-bond donors (Lipinski definition) is 1. The van der Waals surface area contributed by atoms with Crippen LogP contribution in [-0.2, 0) is 6.42 Å². The Bertz CT molecular complexity index is 330. The van der Waals surface area contributed by atoms with Gasteiger partial charge in [0.2, 0.25) is 0 Å². The summed E-state index contributed by atoms with van der Waals surface area (Å²) in [4.78, 5) is 0. The van der Waals surface area contributed by atoms with Gasteiger partial charge in [0, 0.05) is 0 Å². The molecule has 0 spiro atoms. The van der Waals surface area contributed by atoms with E-state index >= 15 is 0 Å². The van der Waals surface area contributed by atoms with E-state index in [-0.39, 0.29) is 6.10 Å². The van der Waals surface area contributed by atoms with E-state index in [9.17, 15) is 5.11 Å². The summed E-state index contributed by atoms with van der Waals surface area (Å²) < 4.78 is 0. The van der Waals surface area contributed by atoms with Crippen molar-refractivity contribution in [3.63, 3.8) is 0 Å². The Morgan fingerprint density at radius 1 is 1.33 bits per heavy atom. The second-order valence-corrected chi connectivity index (χ2v) is 5.12. The van der Waals surface area contributed by atoms with Crippen molar-refractivity contribution in [1.29, 1.82) is 0 Å². The highest BCUT2D eigenvalue weighted by molar-refractivity contribution is 5.39. The molecule has 0 aromatic heterocycles. The van der Waals surface area contributed by atoms with Gasteiger partial charge < -0.3 is 5.11 Å². The zero-order valence-corrected chi connectivity index (χ0v) is 9.61. The van der Waals surface area contributed by atoms with Gasteiger partial charge in [-0.1, -0.05) is 38.1 Å². The molecule has 2 atom stereocenters. The van der Waals surface area contributed by atoms with Crippen molar-refractivity contribution in [1.82, 2.24) is 0 Å². The minimum atomic E-state index is -0.122. The van der Waals surface area contributed by atoms with Crippen LogP contribution in [0.5, 0.6) is 0 Å². The molecule has 1 aromatic rings. The molecule has 15 heavy (non-hydrogen) atoms. The lowest BCUT2D eigenvalue weighted by molar-refractivity contribution is 0.128. The van der Waals surface area contributed by atoms with Crippen LogP contribution < -0.4 is 0 Å². The first kappa shape index (κ1) is 10.7. The number of aliphatic hydroxyl groups excluding tert-OH is 1. The molecule has 0 radical (unpaired) electrons. The summed E-state index contributed by atoms with van der Waals surface area (Å²) >= 11 is 0. The van der Waals surface area contributed by atoms with Crippen LogP contribution in [0.25, 0.3) is 0 Å². The highest BCUT2D eigenvalue weighted by atomic mass is 16.3. The lowest BCUT2D eigenvalue weighted by Gasteiger charge is -2.32. The first-order valence-corrected chi connectivity index (χ1v) is 5.92. The van der Waals surface area contributed by atoms with Crippen molar-refractivity contribution < 1.29 is 5.11 Å². The number of fused-ring (bicyclic) bond motifs is 1. The zero-order valence-electron chi connectivity index (χ0n) is 9.61. The van der Waals surface area contributed by atoms with Crippen LogP contribution in [0.2, 0.25) is 0 Å². The molecule has 0 saturated carbocycles. The Labute approximate surface area is 92.1 Å². The summed E-state index contributed by atoms with van der Waals surface area (Å²) in [7, 11) is 0.